The molecule has 1 nitrogen and oxygen atoms in total. The van der Waals surface area contributed by atoms with Gasteiger partial charge in [0.2, 0.25) is 0 Å². The van der Waals surface area contributed by atoms with E-state index >= 15 is 0 Å². The van der Waals surface area contributed by atoms with Crippen LogP contribution in [0, 0.1) is 0 Å². The number of halogens is 3. The quantitative estimate of drug-likeness (QED) is 0.602. The maximum atomic E-state index is 11.7. The molecule has 0 amide bonds. The van der Waals surface area contributed by atoms with Crippen LogP contribution in [0.4, 0.5) is 13.2 Å². The van der Waals surface area contributed by atoms with Gasteiger partial charge in [0.25, 0.3) is 0 Å². The molecule has 1 atom stereocenters. The third-order valence-electron chi connectivity index (χ3n) is 1.15. The maximum absolute atomic E-state index is 11.7. The van der Waals surface area contributed by atoms with Gasteiger partial charge in [-0.05, 0) is 6.92 Å². The van der Waals surface area contributed by atoms with Gasteiger partial charge in [0, 0.05) is 6.42 Å². The van der Waals surface area contributed by atoms with E-state index in [2.05, 4.69) is 6.58 Å². The maximum Gasteiger partial charge on any atom is 0.417 e. The summed E-state index contributed by atoms with van der Waals surface area (Å²) in [6.07, 6.45) is -4.01. The van der Waals surface area contributed by atoms with Gasteiger partial charge in [0.1, 0.15) is 0 Å². The summed E-state index contributed by atoms with van der Waals surface area (Å²) in [6, 6.07) is 0. The topological polar surface area (TPSA) is 20.2 Å². The fraction of sp³-hybridized carbons (Fsp3) is 0.667. The molecule has 0 fully saturated rings. The zero-order chi connectivity index (χ0) is 8.41. The van der Waals surface area contributed by atoms with Crippen LogP contribution in [-0.4, -0.2) is 16.9 Å². The van der Waals surface area contributed by atoms with E-state index in [1.165, 1.54) is 0 Å². The summed E-state index contributed by atoms with van der Waals surface area (Å²) in [5.74, 6) is 0. The minimum atomic E-state index is -4.57. The van der Waals surface area contributed by atoms with Crippen molar-refractivity contribution in [2.24, 2.45) is 0 Å². The Morgan fingerprint density at radius 3 is 2.00 bits per heavy atom. The van der Waals surface area contributed by atoms with E-state index in [0.29, 0.717) is 6.92 Å². The molecule has 0 saturated heterocycles. The zero-order valence-electron chi connectivity index (χ0n) is 5.57. The lowest BCUT2D eigenvalue weighted by atomic mass is 10.0. The summed E-state index contributed by atoms with van der Waals surface area (Å²) in [5.41, 5.74) is -2.63. The molecule has 60 valence electrons. The molecule has 1 N–H and O–H groups in total. The van der Waals surface area contributed by atoms with E-state index in [4.69, 9.17) is 5.11 Å². The van der Waals surface area contributed by atoms with Crippen LogP contribution in [0.1, 0.15) is 13.3 Å². The lowest BCUT2D eigenvalue weighted by Gasteiger charge is -2.24. The summed E-state index contributed by atoms with van der Waals surface area (Å²) in [6.45, 7) is 3.82. The van der Waals surface area contributed by atoms with Crippen LogP contribution in [0.5, 0.6) is 0 Å². The summed E-state index contributed by atoms with van der Waals surface area (Å²) >= 11 is 0. The van der Waals surface area contributed by atoms with Crippen molar-refractivity contribution >= 4 is 0 Å². The Kier molecular flexibility index (Phi) is 2.48. The summed E-state index contributed by atoms with van der Waals surface area (Å²) in [5, 5.41) is 8.65. The molecule has 0 radical (unpaired) electrons. The monoisotopic (exact) mass is 154 g/mol. The molecule has 0 aromatic carbocycles. The highest BCUT2D eigenvalue weighted by atomic mass is 19.4. The smallest absolute Gasteiger partial charge is 0.380 e. The average molecular weight is 154 g/mol. The molecule has 0 rings (SSSR count). The van der Waals surface area contributed by atoms with Gasteiger partial charge in [0.05, 0.1) is 0 Å². The van der Waals surface area contributed by atoms with Crippen molar-refractivity contribution in [1.82, 2.24) is 0 Å². The molecule has 10 heavy (non-hydrogen) atoms. The molecule has 4 heteroatoms. The van der Waals surface area contributed by atoms with E-state index in [1.54, 1.807) is 0 Å². The van der Waals surface area contributed by atoms with E-state index < -0.39 is 18.2 Å². The summed E-state index contributed by atoms with van der Waals surface area (Å²) in [4.78, 5) is 0. The number of hydrogen-bond acceptors (Lipinski definition) is 1. The zero-order valence-corrected chi connectivity index (χ0v) is 5.57. The van der Waals surface area contributed by atoms with E-state index in [0.717, 1.165) is 6.08 Å². The first-order chi connectivity index (χ1) is 4.31. The van der Waals surface area contributed by atoms with Crippen molar-refractivity contribution in [2.45, 2.75) is 25.1 Å². The molecule has 0 saturated carbocycles. The van der Waals surface area contributed by atoms with E-state index in [1.807, 2.05) is 0 Å². The van der Waals surface area contributed by atoms with Crippen LogP contribution in [0.15, 0.2) is 12.7 Å². The first-order valence-corrected chi connectivity index (χ1v) is 2.71. The standard InChI is InChI=1S/C6H9F3O/c1-3-4-5(2,10)6(7,8)9/h3,10H,1,4H2,2H3/t5-/m0/s1. The van der Waals surface area contributed by atoms with Gasteiger partial charge >= 0.3 is 6.18 Å². The van der Waals surface area contributed by atoms with Gasteiger partial charge in [0.15, 0.2) is 5.60 Å². The Labute approximate surface area is 57.2 Å². The van der Waals surface area contributed by atoms with Crippen molar-refractivity contribution in [3.63, 3.8) is 0 Å². The van der Waals surface area contributed by atoms with Crippen molar-refractivity contribution < 1.29 is 18.3 Å². The Hall–Kier alpha value is -0.510. The van der Waals surface area contributed by atoms with Crippen LogP contribution in [-0.2, 0) is 0 Å². The van der Waals surface area contributed by atoms with E-state index in [-0.39, 0.29) is 0 Å². The molecule has 0 aromatic rings. The van der Waals surface area contributed by atoms with Crippen molar-refractivity contribution in [1.29, 1.82) is 0 Å². The highest BCUT2D eigenvalue weighted by Crippen LogP contribution is 2.32. The number of hydrogen-bond donors (Lipinski definition) is 1. The Morgan fingerprint density at radius 1 is 1.50 bits per heavy atom. The molecule has 0 unspecified atom stereocenters. The Balaban J connectivity index is 4.23. The highest BCUT2D eigenvalue weighted by molar-refractivity contribution is 4.88. The number of alkyl halides is 3. The molecular weight excluding hydrogens is 145 g/mol. The molecule has 0 aromatic heterocycles. The first kappa shape index (κ1) is 9.49. The molecule has 0 spiro atoms. The minimum absolute atomic E-state index is 0.476. The van der Waals surface area contributed by atoms with Gasteiger partial charge in [-0.15, -0.1) is 6.58 Å². The van der Waals surface area contributed by atoms with Crippen LogP contribution >= 0.6 is 0 Å². The first-order valence-electron chi connectivity index (χ1n) is 2.71. The predicted molar refractivity (Wildman–Crippen MR) is 31.5 cm³/mol. The minimum Gasteiger partial charge on any atom is -0.380 e. The average Bonchev–Trinajstić information content (AvgIpc) is 1.61. The predicted octanol–water partition coefficient (Wildman–Crippen LogP) is 1.88. The molecular formula is C6H9F3O. The fourth-order valence-electron chi connectivity index (χ4n) is 0.397. The summed E-state index contributed by atoms with van der Waals surface area (Å²) < 4.78 is 35.2. The second-order valence-corrected chi connectivity index (χ2v) is 2.26. The normalized spacial score (nSPS) is 18.1. The van der Waals surface area contributed by atoms with Crippen molar-refractivity contribution in [3.05, 3.63) is 12.7 Å². The molecule has 0 heterocycles. The fourth-order valence-corrected chi connectivity index (χ4v) is 0.397. The molecule has 0 aliphatic rings. The van der Waals surface area contributed by atoms with Crippen molar-refractivity contribution in [2.75, 3.05) is 0 Å². The third kappa shape index (κ3) is 2.02. The van der Waals surface area contributed by atoms with Gasteiger partial charge in [-0.25, -0.2) is 0 Å². The Bertz CT molecular complexity index is 125. The second kappa shape index (κ2) is 2.62. The summed E-state index contributed by atoms with van der Waals surface area (Å²) in [7, 11) is 0. The van der Waals surface area contributed by atoms with Gasteiger partial charge < -0.3 is 5.11 Å². The largest absolute Gasteiger partial charge is 0.417 e. The lowest BCUT2D eigenvalue weighted by molar-refractivity contribution is -0.251. The van der Waals surface area contributed by atoms with Gasteiger partial charge in [-0.2, -0.15) is 13.2 Å². The van der Waals surface area contributed by atoms with Crippen LogP contribution in [0.25, 0.3) is 0 Å². The number of aliphatic hydroxyl groups is 1. The lowest BCUT2D eigenvalue weighted by Crippen LogP contribution is -2.41. The van der Waals surface area contributed by atoms with Gasteiger partial charge in [-0.1, -0.05) is 6.08 Å². The van der Waals surface area contributed by atoms with E-state index in [9.17, 15) is 13.2 Å². The van der Waals surface area contributed by atoms with Crippen LogP contribution in [0.3, 0.4) is 0 Å². The van der Waals surface area contributed by atoms with Crippen LogP contribution < -0.4 is 0 Å². The molecule has 0 aliphatic heterocycles. The SMILES string of the molecule is C=CC[C@](C)(O)C(F)(F)F. The highest BCUT2D eigenvalue weighted by Gasteiger charge is 2.48. The Morgan fingerprint density at radius 2 is 1.90 bits per heavy atom. The molecule has 0 bridgehead atoms. The third-order valence-corrected chi connectivity index (χ3v) is 1.15. The second-order valence-electron chi connectivity index (χ2n) is 2.26. The number of rotatable bonds is 2. The van der Waals surface area contributed by atoms with Crippen molar-refractivity contribution in [3.8, 4) is 0 Å². The van der Waals surface area contributed by atoms with Crippen LogP contribution in [0.2, 0.25) is 0 Å². The van der Waals surface area contributed by atoms with Gasteiger partial charge in [-0.3, -0.25) is 0 Å². The molecule has 0 aliphatic carbocycles.